The van der Waals surface area contributed by atoms with Crippen LogP contribution in [0, 0.1) is 0 Å². The van der Waals surface area contributed by atoms with Gasteiger partial charge in [-0.3, -0.25) is 4.79 Å². The highest BCUT2D eigenvalue weighted by Gasteiger charge is 2.28. The Bertz CT molecular complexity index is 382. The average molecular weight is 293 g/mol. The predicted molar refractivity (Wildman–Crippen MR) is 71.5 cm³/mol. The molecule has 1 rings (SSSR count). The minimum atomic E-state index is -3.35. The zero-order valence-corrected chi connectivity index (χ0v) is 12.2. The van der Waals surface area contributed by atoms with Crippen LogP contribution in [0.15, 0.2) is 0 Å². The molecular formula is C12H23NO5S. The number of carboxylic acid groups (broad SMARTS) is 1. The molecule has 0 aromatic heterocycles. The lowest BCUT2D eigenvalue weighted by Gasteiger charge is -2.31. The Morgan fingerprint density at radius 2 is 2.21 bits per heavy atom. The minimum Gasteiger partial charge on any atom is -0.481 e. The monoisotopic (exact) mass is 293 g/mol. The van der Waals surface area contributed by atoms with E-state index in [-0.39, 0.29) is 24.7 Å². The summed E-state index contributed by atoms with van der Waals surface area (Å²) in [6, 6.07) is 0. The van der Waals surface area contributed by atoms with Crippen molar-refractivity contribution in [3.63, 3.8) is 0 Å². The van der Waals surface area contributed by atoms with Crippen molar-refractivity contribution in [1.82, 2.24) is 4.31 Å². The van der Waals surface area contributed by atoms with Crippen LogP contribution >= 0.6 is 0 Å². The third-order valence-corrected chi connectivity index (χ3v) is 5.01. The molecule has 1 aliphatic rings. The summed E-state index contributed by atoms with van der Waals surface area (Å²) in [5, 5.41) is 8.53. The van der Waals surface area contributed by atoms with Crippen LogP contribution in [0.4, 0.5) is 0 Å². The van der Waals surface area contributed by atoms with E-state index in [0.717, 1.165) is 19.3 Å². The fourth-order valence-corrected chi connectivity index (χ4v) is 3.68. The Balaban J connectivity index is 2.45. The van der Waals surface area contributed by atoms with Gasteiger partial charge in [-0.2, -0.15) is 4.31 Å². The number of aliphatic carboxylic acids is 1. The fourth-order valence-electron chi connectivity index (χ4n) is 2.11. The molecule has 1 fully saturated rings. The summed E-state index contributed by atoms with van der Waals surface area (Å²) >= 11 is 0. The highest BCUT2D eigenvalue weighted by atomic mass is 32.2. The molecule has 1 unspecified atom stereocenters. The van der Waals surface area contributed by atoms with E-state index < -0.39 is 16.0 Å². The fraction of sp³-hybridized carbons (Fsp3) is 0.917. The molecule has 0 aromatic carbocycles. The first-order valence-corrected chi connectivity index (χ1v) is 8.38. The number of hydrogen-bond donors (Lipinski definition) is 1. The number of carboxylic acids is 1. The van der Waals surface area contributed by atoms with Crippen molar-refractivity contribution in [2.45, 2.75) is 45.1 Å². The number of nitrogens with zero attached hydrogens (tertiary/aromatic N) is 1. The molecular weight excluding hydrogens is 270 g/mol. The molecule has 0 saturated carbocycles. The Hall–Kier alpha value is -0.660. The van der Waals surface area contributed by atoms with Crippen molar-refractivity contribution in [2.24, 2.45) is 0 Å². The second-order valence-corrected chi connectivity index (χ2v) is 6.89. The van der Waals surface area contributed by atoms with E-state index in [1.54, 1.807) is 0 Å². The second kappa shape index (κ2) is 7.81. The topological polar surface area (TPSA) is 83.9 Å². The molecule has 1 saturated heterocycles. The van der Waals surface area contributed by atoms with Gasteiger partial charge in [-0.15, -0.1) is 0 Å². The van der Waals surface area contributed by atoms with Gasteiger partial charge in [0.1, 0.15) is 0 Å². The molecule has 0 bridgehead atoms. The third-order valence-electron chi connectivity index (χ3n) is 3.08. The van der Waals surface area contributed by atoms with Crippen LogP contribution in [-0.4, -0.2) is 55.4 Å². The van der Waals surface area contributed by atoms with Crippen molar-refractivity contribution >= 4 is 16.0 Å². The molecule has 1 N–H and O–H groups in total. The number of rotatable bonds is 8. The molecule has 7 heteroatoms. The molecule has 6 nitrogen and oxygen atoms in total. The van der Waals surface area contributed by atoms with Crippen LogP contribution in [0.1, 0.15) is 39.0 Å². The van der Waals surface area contributed by atoms with Crippen LogP contribution in [0.25, 0.3) is 0 Å². The van der Waals surface area contributed by atoms with E-state index in [0.29, 0.717) is 19.7 Å². The summed E-state index contributed by atoms with van der Waals surface area (Å²) in [5.41, 5.74) is 0. The summed E-state index contributed by atoms with van der Waals surface area (Å²) < 4.78 is 31.2. The van der Waals surface area contributed by atoms with Crippen molar-refractivity contribution in [1.29, 1.82) is 0 Å². The van der Waals surface area contributed by atoms with Gasteiger partial charge in [-0.1, -0.05) is 6.92 Å². The molecule has 1 aliphatic heterocycles. The van der Waals surface area contributed by atoms with E-state index >= 15 is 0 Å². The van der Waals surface area contributed by atoms with Gasteiger partial charge in [0.25, 0.3) is 0 Å². The van der Waals surface area contributed by atoms with Crippen LogP contribution in [-0.2, 0) is 19.6 Å². The zero-order chi connectivity index (χ0) is 14.3. The van der Waals surface area contributed by atoms with Gasteiger partial charge in [0.15, 0.2) is 0 Å². The molecule has 0 aromatic rings. The number of piperidine rings is 1. The lowest BCUT2D eigenvalue weighted by atomic mass is 10.1. The quantitative estimate of drug-likeness (QED) is 0.723. The maximum atomic E-state index is 12.1. The van der Waals surface area contributed by atoms with Crippen LogP contribution < -0.4 is 0 Å². The first kappa shape index (κ1) is 16.4. The van der Waals surface area contributed by atoms with Crippen molar-refractivity contribution in [2.75, 3.05) is 25.4 Å². The van der Waals surface area contributed by atoms with Gasteiger partial charge in [0.2, 0.25) is 10.0 Å². The SMILES string of the molecule is CCCOC1CCCN(S(=O)(=O)CCCC(=O)O)C1. The highest BCUT2D eigenvalue weighted by Crippen LogP contribution is 2.17. The van der Waals surface area contributed by atoms with Gasteiger partial charge in [-0.05, 0) is 25.7 Å². The van der Waals surface area contributed by atoms with Gasteiger partial charge in [0, 0.05) is 26.1 Å². The van der Waals surface area contributed by atoms with Crippen LogP contribution in [0.2, 0.25) is 0 Å². The summed E-state index contributed by atoms with van der Waals surface area (Å²) in [5.74, 6) is -1.06. The smallest absolute Gasteiger partial charge is 0.303 e. The first-order valence-electron chi connectivity index (χ1n) is 6.77. The Kier molecular flexibility index (Phi) is 6.74. The largest absolute Gasteiger partial charge is 0.481 e. The number of carbonyl (C=O) groups is 1. The van der Waals surface area contributed by atoms with Crippen molar-refractivity contribution in [3.05, 3.63) is 0 Å². The highest BCUT2D eigenvalue weighted by molar-refractivity contribution is 7.89. The minimum absolute atomic E-state index is 0.0250. The van der Waals surface area contributed by atoms with Crippen molar-refractivity contribution in [3.8, 4) is 0 Å². The van der Waals surface area contributed by atoms with Crippen molar-refractivity contribution < 1.29 is 23.1 Å². The molecule has 0 amide bonds. The maximum Gasteiger partial charge on any atom is 0.303 e. The van der Waals surface area contributed by atoms with Crippen LogP contribution in [0.3, 0.4) is 0 Å². The molecule has 1 heterocycles. The average Bonchev–Trinajstić information content (AvgIpc) is 2.36. The predicted octanol–water partition coefficient (Wildman–Crippen LogP) is 1.07. The van der Waals surface area contributed by atoms with E-state index in [4.69, 9.17) is 9.84 Å². The zero-order valence-electron chi connectivity index (χ0n) is 11.4. The molecule has 19 heavy (non-hydrogen) atoms. The molecule has 112 valence electrons. The lowest BCUT2D eigenvalue weighted by molar-refractivity contribution is -0.137. The third kappa shape index (κ3) is 5.88. The Labute approximate surface area is 114 Å². The molecule has 0 radical (unpaired) electrons. The summed E-state index contributed by atoms with van der Waals surface area (Å²) in [7, 11) is -3.35. The van der Waals surface area contributed by atoms with E-state index in [9.17, 15) is 13.2 Å². The molecule has 0 aliphatic carbocycles. The van der Waals surface area contributed by atoms with E-state index in [1.165, 1.54) is 4.31 Å². The van der Waals surface area contributed by atoms with E-state index in [2.05, 4.69) is 0 Å². The van der Waals surface area contributed by atoms with E-state index in [1.807, 2.05) is 6.92 Å². The van der Waals surface area contributed by atoms with Gasteiger partial charge in [0.05, 0.1) is 11.9 Å². The summed E-state index contributed by atoms with van der Waals surface area (Å²) in [6.45, 7) is 3.58. The molecule has 0 spiro atoms. The van der Waals surface area contributed by atoms with Gasteiger partial charge < -0.3 is 9.84 Å². The number of sulfonamides is 1. The molecule has 1 atom stereocenters. The van der Waals surface area contributed by atoms with Gasteiger partial charge in [-0.25, -0.2) is 8.42 Å². The number of ether oxygens (including phenoxy) is 1. The standard InChI is InChI=1S/C12H23NO5S/c1-2-8-18-11-5-3-7-13(10-11)19(16,17)9-4-6-12(14)15/h11H,2-10H2,1H3,(H,14,15). The van der Waals surface area contributed by atoms with Gasteiger partial charge >= 0.3 is 5.97 Å². The summed E-state index contributed by atoms with van der Waals surface area (Å²) in [6.07, 6.45) is 2.63. The normalized spacial score (nSPS) is 21.4. The Morgan fingerprint density at radius 3 is 2.84 bits per heavy atom. The lowest BCUT2D eigenvalue weighted by Crippen LogP contribution is -2.44. The Morgan fingerprint density at radius 1 is 1.47 bits per heavy atom. The first-order chi connectivity index (χ1) is 8.95. The maximum absolute atomic E-state index is 12.1. The second-order valence-electron chi connectivity index (χ2n) is 4.81. The summed E-state index contributed by atoms with van der Waals surface area (Å²) in [4.78, 5) is 10.4. The number of hydrogen-bond acceptors (Lipinski definition) is 4. The van der Waals surface area contributed by atoms with Crippen LogP contribution in [0.5, 0.6) is 0 Å².